The Morgan fingerprint density at radius 2 is 0.717 bits per heavy atom. The molecule has 0 amide bonds. The van der Waals surface area contributed by atoms with Crippen molar-refractivity contribution in [2.75, 3.05) is 5.75 Å². The van der Waals surface area contributed by atoms with E-state index < -0.39 is 63.0 Å². The fraction of sp³-hybridized carbons (Fsp3) is 0.156. The van der Waals surface area contributed by atoms with Crippen molar-refractivity contribution in [3.8, 4) is 11.2 Å². The van der Waals surface area contributed by atoms with Gasteiger partial charge in [0.2, 0.25) is 0 Å². The highest BCUT2D eigenvalue weighted by Crippen LogP contribution is 2.32. The molecule has 0 heterocycles. The van der Waals surface area contributed by atoms with E-state index in [1.807, 2.05) is 67.6 Å². The smallest absolute Gasteiger partial charge is 0.195 e. The van der Waals surface area contributed by atoms with Crippen LogP contribution < -0.4 is 21.9 Å². The van der Waals surface area contributed by atoms with Crippen LogP contribution in [-0.4, -0.2) is 11.9 Å². The van der Waals surface area contributed by atoms with Gasteiger partial charge < -0.3 is 0 Å². The van der Waals surface area contributed by atoms with E-state index in [-0.39, 0.29) is 21.9 Å². The Morgan fingerprint density at radius 3 is 0.983 bits per heavy atom. The maximum atomic E-state index is 13.3. The lowest BCUT2D eigenvalue weighted by molar-refractivity contribution is -0.138. The van der Waals surface area contributed by atoms with Crippen molar-refractivity contribution in [3.05, 3.63) is 191 Å². The molecule has 0 aliphatic rings. The molecule has 0 aliphatic carbocycles. The molecule has 6 aromatic carbocycles. The summed E-state index contributed by atoms with van der Waals surface area (Å²) in [4.78, 5) is 0. The van der Waals surface area contributed by atoms with Crippen molar-refractivity contribution in [2.45, 2.75) is 37.4 Å². The number of benzene rings is 6. The second kappa shape index (κ2) is 17.9. The molecule has 6 aromatic rings. The van der Waals surface area contributed by atoms with Gasteiger partial charge in [0.15, 0.2) is 15.2 Å². The highest BCUT2D eigenvalue weighted by molar-refractivity contribution is 8.06. The second-order valence-corrected chi connectivity index (χ2v) is 16.4. The topological polar surface area (TPSA) is 17.1 Å². The largest absolute Gasteiger partial charge is 0.416 e. The van der Waals surface area contributed by atoms with Crippen LogP contribution in [0, 0.1) is 11.2 Å². The Bertz CT molecular complexity index is 2190. The van der Waals surface area contributed by atoms with Crippen molar-refractivity contribution >= 4 is 37.9 Å². The molecule has 0 N–H and O–H groups in total. The maximum Gasteiger partial charge on any atom is 0.416 e. The minimum atomic E-state index is -4.77. The predicted molar refractivity (Wildman–Crippen MR) is 212 cm³/mol. The van der Waals surface area contributed by atoms with Gasteiger partial charge in [-0.05, 0) is 25.0 Å². The van der Waals surface area contributed by atoms with Gasteiger partial charge in [0.25, 0.3) is 0 Å². The molecule has 1 unspecified atom stereocenters. The summed E-state index contributed by atoms with van der Waals surface area (Å²) < 4.78 is 173. The average molecular weight is 861 g/mol. The average Bonchev–Trinajstić information content (AvgIpc) is 3.21. The Morgan fingerprint density at radius 1 is 0.433 bits per heavy atom. The molecule has 0 radical (unpaired) electrons. The van der Waals surface area contributed by atoms with Crippen LogP contribution in [0.1, 0.15) is 40.3 Å². The van der Waals surface area contributed by atoms with E-state index in [1.54, 1.807) is 0 Å². The molecule has 0 saturated heterocycles. The van der Waals surface area contributed by atoms with Gasteiger partial charge in [0, 0.05) is 11.1 Å². The molecule has 1 nitrogen and oxygen atoms in total. The Balaban J connectivity index is 0.000000299. The van der Waals surface area contributed by atoms with Gasteiger partial charge in [0.1, 0.15) is 17.7 Å². The van der Waals surface area contributed by atoms with Gasteiger partial charge >= 0.3 is 24.7 Å². The minimum absolute atomic E-state index is 0.0114. The number of hydrogen-bond acceptors (Lipinski definition) is 1. The normalized spacial score (nSPS) is 13.3. The van der Waals surface area contributed by atoms with E-state index in [2.05, 4.69) is 11.2 Å². The summed E-state index contributed by atoms with van der Waals surface area (Å²) in [6.07, 6.45) is -22.0. The van der Waals surface area contributed by atoms with Crippen LogP contribution in [0.4, 0.5) is 52.7 Å². The quantitative estimate of drug-likeness (QED) is 0.0677. The van der Waals surface area contributed by atoms with Crippen LogP contribution in [0.25, 0.3) is 0 Å². The number of halogens is 12. The molecule has 312 valence electrons. The molecule has 60 heavy (non-hydrogen) atoms. The first-order chi connectivity index (χ1) is 28.1. The third-order valence-electron chi connectivity index (χ3n) is 9.82. The SMILES string of the molecule is CC[S+](=O)(C#Cc1ccccc1)Cc1ccccc1.FC(F)(F)c1ccc([B-](c2ccc(C(F)(F)F)cc2)(c2ccc(C(F)(F)F)cc2)c2ccc(C(F)(F)F)cc2)cc1. The van der Waals surface area contributed by atoms with E-state index in [9.17, 15) is 56.9 Å². The first-order valence-corrected chi connectivity index (χ1v) is 19.9. The highest BCUT2D eigenvalue weighted by Gasteiger charge is 2.38. The summed E-state index contributed by atoms with van der Waals surface area (Å²) in [5, 5.41) is 2.99. The van der Waals surface area contributed by atoms with Crippen molar-refractivity contribution in [2.24, 2.45) is 0 Å². The minimum Gasteiger partial charge on any atom is -0.195 e. The van der Waals surface area contributed by atoms with Crippen molar-refractivity contribution in [3.63, 3.8) is 0 Å². The lowest BCUT2D eigenvalue weighted by Gasteiger charge is -2.44. The molecule has 0 bridgehead atoms. The van der Waals surface area contributed by atoms with Gasteiger partial charge in [-0.25, -0.2) is 0 Å². The monoisotopic (exact) mass is 860 g/mol. The van der Waals surface area contributed by atoms with Gasteiger partial charge in [-0.2, -0.15) is 74.5 Å². The molecule has 0 spiro atoms. The van der Waals surface area contributed by atoms with Gasteiger partial charge in [-0.15, -0.1) is 0 Å². The molecule has 0 aromatic heterocycles. The molecule has 0 saturated carbocycles. The molecule has 0 fully saturated rings. The summed E-state index contributed by atoms with van der Waals surface area (Å²) in [5.41, 5.74) is -2.30. The van der Waals surface area contributed by atoms with E-state index in [1.165, 1.54) is 0 Å². The van der Waals surface area contributed by atoms with Crippen molar-refractivity contribution in [1.82, 2.24) is 0 Å². The van der Waals surface area contributed by atoms with Crippen LogP contribution in [0.2, 0.25) is 0 Å². The van der Waals surface area contributed by atoms with Crippen LogP contribution in [-0.2, 0) is 44.6 Å². The molecule has 0 aliphatic heterocycles. The summed E-state index contributed by atoms with van der Waals surface area (Å²) in [6, 6.07) is 33.2. The zero-order valence-corrected chi connectivity index (χ0v) is 32.2. The zero-order chi connectivity index (χ0) is 44.0. The Labute approximate surface area is 339 Å². The summed E-state index contributed by atoms with van der Waals surface area (Å²) >= 11 is 0. The number of rotatable bonds is 7. The summed E-state index contributed by atoms with van der Waals surface area (Å²) in [5.74, 6) is 4.15. The maximum absolute atomic E-state index is 13.3. The summed E-state index contributed by atoms with van der Waals surface area (Å²) in [7, 11) is -2.14. The lowest BCUT2D eigenvalue weighted by Crippen LogP contribution is -2.74. The lowest BCUT2D eigenvalue weighted by atomic mass is 9.13. The molecular formula is C45H33BF12OS. The highest BCUT2D eigenvalue weighted by atomic mass is 32.2. The fourth-order valence-electron chi connectivity index (χ4n) is 6.72. The third kappa shape index (κ3) is 10.9. The van der Waals surface area contributed by atoms with E-state index >= 15 is 0 Å². The third-order valence-corrected chi connectivity index (χ3v) is 12.0. The molecular weight excluding hydrogens is 827 g/mol. The standard InChI is InChI=1S/C28H16BF12.C17H17OS/c30-25(31,32)17-1-9-21(10-2-17)29(22-11-3-18(4-12-22)26(33,34)35,23-13-5-19(6-14-23)27(36,37)38)24-15-7-20(8-16-24)28(39,40)41;1-2-19(18,15-17-11-7-4-8-12-17)14-13-16-9-5-3-6-10-16/h1-16H;3-12H,2,15H2,1H3/q-1;+1. The first-order valence-electron chi connectivity index (χ1n) is 18.0. The summed E-state index contributed by atoms with van der Waals surface area (Å²) in [6.45, 7) is 1.94. The van der Waals surface area contributed by atoms with Crippen LogP contribution in [0.5, 0.6) is 0 Å². The second-order valence-electron chi connectivity index (χ2n) is 13.7. The van der Waals surface area contributed by atoms with Crippen molar-refractivity contribution < 1.29 is 56.9 Å². The van der Waals surface area contributed by atoms with E-state index in [0.717, 1.165) is 59.7 Å². The van der Waals surface area contributed by atoms with E-state index in [0.29, 0.717) is 60.0 Å². The number of hydrogen-bond donors (Lipinski definition) is 0. The van der Waals surface area contributed by atoms with E-state index in [4.69, 9.17) is 0 Å². The fourth-order valence-corrected chi connectivity index (χ4v) is 8.18. The predicted octanol–water partition coefficient (Wildman–Crippen LogP) is 10.9. The molecule has 15 heteroatoms. The zero-order valence-electron chi connectivity index (χ0n) is 31.4. The van der Waals surface area contributed by atoms with Crippen molar-refractivity contribution in [1.29, 1.82) is 0 Å². The van der Waals surface area contributed by atoms with Crippen LogP contribution >= 0.6 is 0 Å². The van der Waals surface area contributed by atoms with Crippen LogP contribution in [0.3, 0.4) is 0 Å². The van der Waals surface area contributed by atoms with Crippen LogP contribution in [0.15, 0.2) is 158 Å². The molecule has 6 rings (SSSR count). The molecule has 1 atom stereocenters. The van der Waals surface area contributed by atoms with Gasteiger partial charge in [-0.3, -0.25) is 0 Å². The number of alkyl halides is 12. The Hall–Kier alpha value is -5.75. The first kappa shape index (κ1) is 45.3. The van der Waals surface area contributed by atoms with Gasteiger partial charge in [0.05, 0.1) is 22.3 Å². The Kier molecular flexibility index (Phi) is 13.5. The van der Waals surface area contributed by atoms with Gasteiger partial charge in [-0.1, -0.05) is 150 Å².